The summed E-state index contributed by atoms with van der Waals surface area (Å²) in [5.74, 6) is -0.655. The molecule has 1 aliphatic carbocycles. The first-order valence-corrected chi connectivity index (χ1v) is 9.52. The topological polar surface area (TPSA) is 71.0 Å². The van der Waals surface area contributed by atoms with E-state index in [1.165, 1.54) is 48.3 Å². The van der Waals surface area contributed by atoms with Crippen molar-refractivity contribution in [1.82, 2.24) is 10.3 Å². The summed E-state index contributed by atoms with van der Waals surface area (Å²) in [6.07, 6.45) is 1.24. The molecule has 28 heavy (non-hydrogen) atoms. The Bertz CT molecular complexity index is 935. The van der Waals surface area contributed by atoms with E-state index in [2.05, 4.69) is 10.5 Å². The average Bonchev–Trinajstić information content (AvgIpc) is 3.04. The Morgan fingerprint density at radius 2 is 1.86 bits per heavy atom. The number of benzene rings is 2. The Balaban J connectivity index is 1.84. The lowest BCUT2D eigenvalue weighted by atomic mass is 10.1. The van der Waals surface area contributed by atoms with Gasteiger partial charge in [0.25, 0.3) is 5.24 Å². The number of hydrazone groups is 1. The number of amides is 2. The number of hydrogen-bond donors (Lipinski definition) is 1. The lowest BCUT2D eigenvalue weighted by Gasteiger charge is -2.24. The zero-order valence-electron chi connectivity index (χ0n) is 15.1. The Kier molecular flexibility index (Phi) is 5.93. The number of halogens is 2. The van der Waals surface area contributed by atoms with Gasteiger partial charge in [0.1, 0.15) is 17.4 Å². The second kappa shape index (κ2) is 8.39. The minimum atomic E-state index is -0.686. The number of hydrogen-bond acceptors (Lipinski definition) is 5. The van der Waals surface area contributed by atoms with Crippen LogP contribution in [0.5, 0.6) is 5.75 Å². The molecule has 1 N–H and O–H groups in total. The zero-order valence-corrected chi connectivity index (χ0v) is 15.9. The number of carbonyl (C=O) groups is 2. The van der Waals surface area contributed by atoms with E-state index in [4.69, 9.17) is 4.74 Å². The number of thioether (sulfide) groups is 1. The van der Waals surface area contributed by atoms with Gasteiger partial charge in [-0.3, -0.25) is 4.79 Å². The maximum absolute atomic E-state index is 13.6. The van der Waals surface area contributed by atoms with Crippen molar-refractivity contribution < 1.29 is 23.1 Å². The van der Waals surface area contributed by atoms with Crippen LogP contribution in [0.2, 0.25) is 0 Å². The van der Waals surface area contributed by atoms with E-state index in [0.717, 1.165) is 11.8 Å². The largest absolute Gasteiger partial charge is 0.415 e. The second-order valence-electron chi connectivity index (χ2n) is 6.05. The number of fused-ring (bicyclic) bond motifs is 1. The fraction of sp³-hybridized carbons (Fsp3) is 0.211. The van der Waals surface area contributed by atoms with Crippen molar-refractivity contribution in [2.45, 2.75) is 12.5 Å². The third kappa shape index (κ3) is 4.30. The molecule has 0 radical (unpaired) electrons. The van der Waals surface area contributed by atoms with E-state index in [-0.39, 0.29) is 11.0 Å². The fourth-order valence-corrected chi connectivity index (χ4v) is 3.01. The van der Waals surface area contributed by atoms with Crippen LogP contribution in [0.15, 0.2) is 47.6 Å². The number of carbonyl (C=O) groups excluding carboxylic acids is 2. The van der Waals surface area contributed by atoms with E-state index >= 15 is 0 Å². The van der Waals surface area contributed by atoms with Gasteiger partial charge >= 0.3 is 6.09 Å². The van der Waals surface area contributed by atoms with Crippen molar-refractivity contribution in [2.75, 3.05) is 13.3 Å². The summed E-state index contributed by atoms with van der Waals surface area (Å²) in [5.41, 5.74) is 4.15. The zero-order chi connectivity index (χ0) is 20.3. The normalized spacial score (nSPS) is 16.6. The highest BCUT2D eigenvalue weighted by atomic mass is 32.2. The summed E-state index contributed by atoms with van der Waals surface area (Å²) in [7, 11) is 1.52. The summed E-state index contributed by atoms with van der Waals surface area (Å²) in [5, 5.41) is 3.78. The molecule has 0 fully saturated rings. The van der Waals surface area contributed by atoms with Gasteiger partial charge < -0.3 is 9.64 Å². The SMILES string of the molecule is CSC(=O)N/N=C1\c2ccc(F)cc2CC1N(C)C(=O)Oc1ccc(F)cc1. The summed E-state index contributed by atoms with van der Waals surface area (Å²) in [4.78, 5) is 25.4. The number of rotatable bonds is 3. The van der Waals surface area contributed by atoms with Crippen molar-refractivity contribution in [2.24, 2.45) is 5.10 Å². The van der Waals surface area contributed by atoms with Gasteiger partial charge in [0.15, 0.2) is 0 Å². The minimum absolute atomic E-state index is 0.189. The molecule has 0 aromatic heterocycles. The van der Waals surface area contributed by atoms with Crippen LogP contribution in [0.4, 0.5) is 18.4 Å². The number of likely N-dealkylation sites (N-methyl/N-ethyl adjacent to an activating group) is 1. The molecule has 2 amide bonds. The molecule has 0 spiro atoms. The molecule has 0 bridgehead atoms. The summed E-state index contributed by atoms with van der Waals surface area (Å²) in [6, 6.07) is 8.72. The van der Waals surface area contributed by atoms with Gasteiger partial charge in [-0.15, -0.1) is 0 Å². The van der Waals surface area contributed by atoms with Crippen LogP contribution in [0.3, 0.4) is 0 Å². The van der Waals surface area contributed by atoms with Gasteiger partial charge in [0.2, 0.25) is 0 Å². The van der Waals surface area contributed by atoms with Crippen molar-refractivity contribution in [3.05, 3.63) is 65.2 Å². The van der Waals surface area contributed by atoms with Crippen LogP contribution >= 0.6 is 11.8 Å². The monoisotopic (exact) mass is 405 g/mol. The van der Waals surface area contributed by atoms with E-state index in [0.29, 0.717) is 23.3 Å². The van der Waals surface area contributed by atoms with E-state index in [1.54, 1.807) is 12.3 Å². The Morgan fingerprint density at radius 3 is 2.54 bits per heavy atom. The van der Waals surface area contributed by atoms with Gasteiger partial charge in [0.05, 0.1) is 11.8 Å². The third-order valence-corrected chi connectivity index (χ3v) is 4.76. The van der Waals surface area contributed by atoms with Crippen LogP contribution in [0, 0.1) is 11.6 Å². The number of ether oxygens (including phenoxy) is 1. The first-order chi connectivity index (χ1) is 13.4. The Morgan fingerprint density at radius 1 is 1.18 bits per heavy atom. The van der Waals surface area contributed by atoms with E-state index in [1.807, 2.05) is 0 Å². The molecular formula is C19H17F2N3O3S. The molecule has 1 aliphatic rings. The van der Waals surface area contributed by atoms with Gasteiger partial charge in [-0.25, -0.2) is 19.0 Å². The minimum Gasteiger partial charge on any atom is -0.410 e. The highest BCUT2D eigenvalue weighted by Gasteiger charge is 2.35. The van der Waals surface area contributed by atoms with Crippen LogP contribution in [0.25, 0.3) is 0 Å². The molecule has 2 aromatic rings. The molecule has 0 aliphatic heterocycles. The number of nitrogens with one attached hydrogen (secondary N) is 1. The van der Waals surface area contributed by atoms with Gasteiger partial charge in [-0.1, -0.05) is 11.8 Å². The van der Waals surface area contributed by atoms with Crippen LogP contribution in [-0.4, -0.2) is 41.3 Å². The molecular weight excluding hydrogens is 388 g/mol. The summed E-state index contributed by atoms with van der Waals surface area (Å²) >= 11 is 0.958. The molecule has 0 heterocycles. The first-order valence-electron chi connectivity index (χ1n) is 8.29. The fourth-order valence-electron chi connectivity index (χ4n) is 2.87. The van der Waals surface area contributed by atoms with Gasteiger partial charge in [0, 0.05) is 12.6 Å². The standard InChI is InChI=1S/C19H17F2N3O3S/c1-24(19(26)27-14-6-3-12(20)4-7-14)16-10-11-9-13(21)5-8-15(11)17(16)22-23-18(25)28-2/h3-9,16H,10H2,1-2H3,(H,23,25)/b22-17+. The molecule has 3 rings (SSSR count). The highest BCUT2D eigenvalue weighted by molar-refractivity contribution is 8.12. The van der Waals surface area contributed by atoms with E-state index < -0.39 is 23.8 Å². The predicted molar refractivity (Wildman–Crippen MR) is 103 cm³/mol. The summed E-state index contributed by atoms with van der Waals surface area (Å²) < 4.78 is 31.9. The van der Waals surface area contributed by atoms with Gasteiger partial charge in [-0.2, -0.15) is 5.10 Å². The lowest BCUT2D eigenvalue weighted by Crippen LogP contribution is -2.43. The lowest BCUT2D eigenvalue weighted by molar-refractivity contribution is 0.157. The Hall–Kier alpha value is -2.94. The molecule has 0 saturated carbocycles. The molecule has 0 saturated heterocycles. The Labute approximate surface area is 164 Å². The molecule has 2 aromatic carbocycles. The smallest absolute Gasteiger partial charge is 0.410 e. The van der Waals surface area contributed by atoms with Crippen molar-refractivity contribution in [1.29, 1.82) is 0 Å². The number of nitrogens with zero attached hydrogens (tertiary/aromatic N) is 2. The predicted octanol–water partition coefficient (Wildman–Crippen LogP) is 3.80. The van der Waals surface area contributed by atoms with Crippen molar-refractivity contribution >= 4 is 28.8 Å². The summed E-state index contributed by atoms with van der Waals surface area (Å²) in [6.45, 7) is 0. The van der Waals surface area contributed by atoms with Crippen molar-refractivity contribution in [3.63, 3.8) is 0 Å². The quantitative estimate of drug-likeness (QED) is 0.789. The van der Waals surface area contributed by atoms with Crippen LogP contribution in [-0.2, 0) is 6.42 Å². The van der Waals surface area contributed by atoms with E-state index in [9.17, 15) is 18.4 Å². The highest BCUT2D eigenvalue weighted by Crippen LogP contribution is 2.27. The maximum Gasteiger partial charge on any atom is 0.415 e. The third-order valence-electron chi connectivity index (χ3n) is 4.30. The van der Waals surface area contributed by atoms with Crippen LogP contribution in [0.1, 0.15) is 11.1 Å². The molecule has 6 nitrogen and oxygen atoms in total. The van der Waals surface area contributed by atoms with Gasteiger partial charge in [-0.05, 0) is 60.7 Å². The van der Waals surface area contributed by atoms with Crippen molar-refractivity contribution in [3.8, 4) is 5.75 Å². The first kappa shape index (κ1) is 19.8. The maximum atomic E-state index is 13.6. The molecule has 9 heteroatoms. The second-order valence-corrected chi connectivity index (χ2v) is 6.83. The molecule has 146 valence electrons. The average molecular weight is 405 g/mol. The van der Waals surface area contributed by atoms with Crippen LogP contribution < -0.4 is 10.2 Å². The molecule has 1 atom stereocenters. The molecule has 1 unspecified atom stereocenters.